The Bertz CT molecular complexity index is 381. The number of benzene rings is 1. The maximum absolute atomic E-state index is 3.69. The summed E-state index contributed by atoms with van der Waals surface area (Å²) in [5, 5.41) is 3.69. The van der Waals surface area contributed by atoms with Crippen LogP contribution >= 0.6 is 22.6 Å². The zero-order valence-corrected chi connectivity index (χ0v) is 13.5. The van der Waals surface area contributed by atoms with Gasteiger partial charge in [-0.25, -0.2) is 0 Å². The van der Waals surface area contributed by atoms with Gasteiger partial charge in [-0.05, 0) is 53.6 Å². The minimum absolute atomic E-state index is 0.635. The number of hydrogen-bond acceptors (Lipinski definition) is 2. The van der Waals surface area contributed by atoms with Crippen LogP contribution in [0.2, 0.25) is 0 Å². The summed E-state index contributed by atoms with van der Waals surface area (Å²) < 4.78 is 1.32. The van der Waals surface area contributed by atoms with E-state index in [0.717, 1.165) is 13.1 Å². The Morgan fingerprint density at radius 3 is 2.89 bits per heavy atom. The van der Waals surface area contributed by atoms with Crippen LogP contribution in [-0.2, 0) is 0 Å². The van der Waals surface area contributed by atoms with E-state index < -0.39 is 0 Å². The van der Waals surface area contributed by atoms with Crippen LogP contribution in [0.5, 0.6) is 0 Å². The van der Waals surface area contributed by atoms with Gasteiger partial charge in [-0.1, -0.05) is 26.3 Å². The predicted molar refractivity (Wildman–Crippen MR) is 87.3 cm³/mol. The van der Waals surface area contributed by atoms with Gasteiger partial charge in [0.25, 0.3) is 0 Å². The minimum Gasteiger partial charge on any atom is -0.366 e. The highest BCUT2D eigenvalue weighted by atomic mass is 127. The van der Waals surface area contributed by atoms with E-state index in [2.05, 4.69) is 70.9 Å². The maximum Gasteiger partial charge on any atom is 0.0412 e. The van der Waals surface area contributed by atoms with Crippen molar-refractivity contribution < 1.29 is 0 Å². The van der Waals surface area contributed by atoms with E-state index in [-0.39, 0.29) is 0 Å². The van der Waals surface area contributed by atoms with E-state index in [1.54, 1.807) is 0 Å². The van der Waals surface area contributed by atoms with Crippen LogP contribution in [0.15, 0.2) is 24.3 Å². The molecule has 1 aliphatic heterocycles. The highest BCUT2D eigenvalue weighted by molar-refractivity contribution is 14.1. The van der Waals surface area contributed by atoms with Crippen LogP contribution < -0.4 is 10.2 Å². The average molecular weight is 358 g/mol. The largest absolute Gasteiger partial charge is 0.366 e. The fourth-order valence-electron chi connectivity index (χ4n) is 2.74. The fraction of sp³-hybridized carbons (Fsp3) is 0.600. The van der Waals surface area contributed by atoms with Gasteiger partial charge in [0.1, 0.15) is 0 Å². The molecule has 3 heteroatoms. The number of piperazine rings is 1. The second-order valence-corrected chi connectivity index (χ2v) is 6.33. The van der Waals surface area contributed by atoms with Gasteiger partial charge in [0.15, 0.2) is 0 Å². The van der Waals surface area contributed by atoms with Crippen molar-refractivity contribution in [3.63, 3.8) is 0 Å². The Hall–Kier alpha value is -0.290. The molecule has 2 unspecified atom stereocenters. The molecule has 2 rings (SSSR count). The second-order valence-electron chi connectivity index (χ2n) is 5.09. The third-order valence-corrected chi connectivity index (χ3v) is 4.42. The Morgan fingerprint density at radius 2 is 2.22 bits per heavy atom. The lowest BCUT2D eigenvalue weighted by molar-refractivity contribution is 0.369. The molecule has 0 saturated carbocycles. The van der Waals surface area contributed by atoms with Gasteiger partial charge < -0.3 is 10.2 Å². The van der Waals surface area contributed by atoms with Gasteiger partial charge in [-0.3, -0.25) is 0 Å². The highest BCUT2D eigenvalue weighted by Gasteiger charge is 2.26. The third kappa shape index (κ3) is 3.38. The molecule has 100 valence electrons. The molecular weight excluding hydrogens is 335 g/mol. The number of rotatable bonds is 4. The summed E-state index contributed by atoms with van der Waals surface area (Å²) in [6.07, 6.45) is 3.74. The number of hydrogen-bond donors (Lipinski definition) is 1. The van der Waals surface area contributed by atoms with Gasteiger partial charge in [0.05, 0.1) is 0 Å². The zero-order valence-electron chi connectivity index (χ0n) is 11.3. The molecule has 0 radical (unpaired) electrons. The van der Waals surface area contributed by atoms with Crippen molar-refractivity contribution in [3.05, 3.63) is 27.8 Å². The number of nitrogens with one attached hydrogen (secondary N) is 1. The summed E-state index contributed by atoms with van der Waals surface area (Å²) in [5.74, 6) is 0. The molecule has 1 heterocycles. The van der Waals surface area contributed by atoms with Crippen LogP contribution in [0, 0.1) is 3.57 Å². The first-order valence-electron chi connectivity index (χ1n) is 7.00. The summed E-state index contributed by atoms with van der Waals surface area (Å²) >= 11 is 2.40. The van der Waals surface area contributed by atoms with Gasteiger partial charge in [0.2, 0.25) is 0 Å². The van der Waals surface area contributed by atoms with Gasteiger partial charge in [-0.2, -0.15) is 0 Å². The topological polar surface area (TPSA) is 15.3 Å². The number of anilines is 1. The van der Waals surface area contributed by atoms with Crippen molar-refractivity contribution in [1.82, 2.24) is 5.32 Å². The van der Waals surface area contributed by atoms with Gasteiger partial charge in [-0.15, -0.1) is 0 Å². The molecule has 1 aromatic rings. The van der Waals surface area contributed by atoms with E-state index in [9.17, 15) is 0 Å². The Morgan fingerprint density at radius 1 is 1.39 bits per heavy atom. The third-order valence-electron chi connectivity index (χ3n) is 3.75. The summed E-state index contributed by atoms with van der Waals surface area (Å²) in [5.41, 5.74) is 1.39. The first-order chi connectivity index (χ1) is 8.74. The molecule has 18 heavy (non-hydrogen) atoms. The lowest BCUT2D eigenvalue weighted by Crippen LogP contribution is -2.56. The van der Waals surface area contributed by atoms with Crippen LogP contribution in [0.3, 0.4) is 0 Å². The van der Waals surface area contributed by atoms with Crippen molar-refractivity contribution in [3.8, 4) is 0 Å². The van der Waals surface area contributed by atoms with Crippen LogP contribution in [0.1, 0.15) is 33.1 Å². The standard InChI is InChI=1S/C15H23IN2/c1-3-6-13-11-18(14(4-2)10-17-13)15-8-5-7-12(16)9-15/h5,7-9,13-14,17H,3-4,6,10-11H2,1-2H3. The van der Waals surface area contributed by atoms with Crippen molar-refractivity contribution in [2.45, 2.75) is 45.2 Å². The van der Waals surface area contributed by atoms with Crippen molar-refractivity contribution in [2.75, 3.05) is 18.0 Å². The molecule has 2 atom stereocenters. The highest BCUT2D eigenvalue weighted by Crippen LogP contribution is 2.24. The molecule has 1 N–H and O–H groups in total. The van der Waals surface area contributed by atoms with E-state index in [4.69, 9.17) is 0 Å². The molecule has 1 fully saturated rings. The monoisotopic (exact) mass is 358 g/mol. The van der Waals surface area contributed by atoms with Crippen LogP contribution in [-0.4, -0.2) is 25.2 Å². The Labute approximate surface area is 124 Å². The maximum atomic E-state index is 3.69. The van der Waals surface area contributed by atoms with E-state index in [1.165, 1.54) is 28.5 Å². The van der Waals surface area contributed by atoms with E-state index in [1.807, 2.05) is 0 Å². The molecule has 1 aliphatic rings. The summed E-state index contributed by atoms with van der Waals surface area (Å²) in [7, 11) is 0. The molecule has 0 aromatic heterocycles. The summed E-state index contributed by atoms with van der Waals surface area (Å²) in [4.78, 5) is 2.60. The Balaban J connectivity index is 2.15. The minimum atomic E-state index is 0.635. The lowest BCUT2D eigenvalue weighted by atomic mass is 10.0. The smallest absolute Gasteiger partial charge is 0.0412 e. The van der Waals surface area contributed by atoms with Crippen LogP contribution in [0.4, 0.5) is 5.69 Å². The molecule has 0 bridgehead atoms. The van der Waals surface area contributed by atoms with Gasteiger partial charge >= 0.3 is 0 Å². The summed E-state index contributed by atoms with van der Waals surface area (Å²) in [6.45, 7) is 6.82. The van der Waals surface area contributed by atoms with Crippen molar-refractivity contribution >= 4 is 28.3 Å². The zero-order chi connectivity index (χ0) is 13.0. The quantitative estimate of drug-likeness (QED) is 0.827. The molecule has 0 amide bonds. The average Bonchev–Trinajstić information content (AvgIpc) is 2.39. The fourth-order valence-corrected chi connectivity index (χ4v) is 3.27. The van der Waals surface area contributed by atoms with Crippen molar-refractivity contribution in [1.29, 1.82) is 0 Å². The van der Waals surface area contributed by atoms with Gasteiger partial charge in [0, 0.05) is 34.4 Å². The predicted octanol–water partition coefficient (Wildman–Crippen LogP) is 3.65. The molecule has 2 nitrogen and oxygen atoms in total. The first kappa shape index (κ1) is 14.1. The Kier molecular flexibility index (Phi) is 5.30. The lowest BCUT2D eigenvalue weighted by Gasteiger charge is -2.42. The number of nitrogens with zero attached hydrogens (tertiary/aromatic N) is 1. The molecule has 1 aromatic carbocycles. The molecule has 1 saturated heterocycles. The summed E-state index contributed by atoms with van der Waals surface area (Å²) in [6, 6.07) is 10.2. The molecule has 0 spiro atoms. The first-order valence-corrected chi connectivity index (χ1v) is 8.08. The van der Waals surface area contributed by atoms with E-state index in [0.29, 0.717) is 12.1 Å². The SMILES string of the molecule is CCCC1CN(c2cccc(I)c2)C(CC)CN1. The molecular formula is C15H23IN2. The normalized spacial score (nSPS) is 24.3. The number of halogens is 1. The van der Waals surface area contributed by atoms with Crippen LogP contribution in [0.25, 0.3) is 0 Å². The molecule has 0 aliphatic carbocycles. The second kappa shape index (κ2) is 6.75. The van der Waals surface area contributed by atoms with Crippen molar-refractivity contribution in [2.24, 2.45) is 0 Å². The van der Waals surface area contributed by atoms with E-state index >= 15 is 0 Å².